The van der Waals surface area contributed by atoms with E-state index in [-0.39, 0.29) is 11.5 Å². The molecular weight excluding hydrogens is 220 g/mol. The molecule has 4 heteroatoms. The molecule has 0 amide bonds. The van der Waals surface area contributed by atoms with Crippen LogP contribution in [-0.4, -0.2) is 24.6 Å². The van der Waals surface area contributed by atoms with Crippen molar-refractivity contribution in [3.63, 3.8) is 0 Å². The minimum Gasteiger partial charge on any atom is -0.504 e. The highest BCUT2D eigenvalue weighted by molar-refractivity contribution is 5.82. The van der Waals surface area contributed by atoms with Gasteiger partial charge in [0.25, 0.3) is 0 Å². The van der Waals surface area contributed by atoms with E-state index in [0.717, 1.165) is 5.56 Å². The summed E-state index contributed by atoms with van der Waals surface area (Å²) in [4.78, 5) is 11.2. The molecule has 0 radical (unpaired) electrons. The van der Waals surface area contributed by atoms with Crippen molar-refractivity contribution in [2.45, 2.75) is 12.8 Å². The Labute approximate surface area is 99.5 Å². The van der Waals surface area contributed by atoms with Crippen molar-refractivity contribution in [1.82, 2.24) is 0 Å². The van der Waals surface area contributed by atoms with E-state index in [4.69, 9.17) is 9.47 Å². The lowest BCUT2D eigenvalue weighted by atomic mass is 10.1. The number of methoxy groups -OCH3 is 1. The standard InChI is InChI=1S/C13H14O4/c1-16-13-3-2-9(7-12(13)15)6-11-8-10(14)4-5-17-11/h2-3,6-7,15H,4-5,8H2,1H3. The number of allylic oxidation sites excluding steroid dienone is 1. The van der Waals surface area contributed by atoms with E-state index < -0.39 is 0 Å². The molecule has 0 aliphatic carbocycles. The number of rotatable bonds is 2. The maximum atomic E-state index is 11.2. The van der Waals surface area contributed by atoms with E-state index in [9.17, 15) is 9.90 Å². The summed E-state index contributed by atoms with van der Waals surface area (Å²) in [5.41, 5.74) is 0.785. The van der Waals surface area contributed by atoms with Crippen LogP contribution in [-0.2, 0) is 9.53 Å². The Kier molecular flexibility index (Phi) is 3.32. The van der Waals surface area contributed by atoms with Crippen LogP contribution in [0.2, 0.25) is 0 Å². The number of carbonyl (C=O) groups excluding carboxylic acids is 1. The van der Waals surface area contributed by atoms with Crippen LogP contribution in [0.15, 0.2) is 24.0 Å². The highest BCUT2D eigenvalue weighted by atomic mass is 16.5. The number of ketones is 1. The van der Waals surface area contributed by atoms with E-state index in [1.165, 1.54) is 7.11 Å². The first-order chi connectivity index (χ1) is 8.19. The summed E-state index contributed by atoms with van der Waals surface area (Å²) in [6, 6.07) is 5.05. The second-order valence-corrected chi connectivity index (χ2v) is 3.86. The van der Waals surface area contributed by atoms with Gasteiger partial charge in [-0.2, -0.15) is 0 Å². The number of phenols is 1. The third-order valence-electron chi connectivity index (χ3n) is 2.57. The van der Waals surface area contributed by atoms with E-state index in [0.29, 0.717) is 31.0 Å². The summed E-state index contributed by atoms with van der Waals surface area (Å²) in [5.74, 6) is 1.32. The summed E-state index contributed by atoms with van der Waals surface area (Å²) < 4.78 is 10.3. The van der Waals surface area contributed by atoms with Gasteiger partial charge in [-0.1, -0.05) is 6.07 Å². The topological polar surface area (TPSA) is 55.8 Å². The maximum absolute atomic E-state index is 11.2. The van der Waals surface area contributed by atoms with Gasteiger partial charge in [-0.15, -0.1) is 0 Å². The molecule has 1 aromatic carbocycles. The third-order valence-corrected chi connectivity index (χ3v) is 2.57. The molecule has 1 aromatic rings. The number of phenolic OH excluding ortho intramolecular Hbond substituents is 1. The van der Waals surface area contributed by atoms with Crippen molar-refractivity contribution >= 4 is 11.9 Å². The van der Waals surface area contributed by atoms with Gasteiger partial charge < -0.3 is 14.6 Å². The highest BCUT2D eigenvalue weighted by Gasteiger charge is 2.14. The highest BCUT2D eigenvalue weighted by Crippen LogP contribution is 2.28. The molecule has 0 saturated carbocycles. The molecule has 1 saturated heterocycles. The minimum atomic E-state index is 0.0731. The molecule has 1 heterocycles. The molecule has 4 nitrogen and oxygen atoms in total. The molecule has 2 rings (SSSR count). The van der Waals surface area contributed by atoms with Crippen LogP contribution in [0.4, 0.5) is 0 Å². The van der Waals surface area contributed by atoms with Crippen molar-refractivity contribution in [2.75, 3.05) is 13.7 Å². The summed E-state index contributed by atoms with van der Waals surface area (Å²) >= 11 is 0. The Hall–Kier alpha value is -1.97. The van der Waals surface area contributed by atoms with Gasteiger partial charge in [-0.05, 0) is 23.8 Å². The summed E-state index contributed by atoms with van der Waals surface area (Å²) in [6.45, 7) is 0.437. The molecule has 0 unspecified atom stereocenters. The Morgan fingerprint density at radius 2 is 2.29 bits per heavy atom. The summed E-state index contributed by atoms with van der Waals surface area (Å²) in [5, 5.41) is 9.61. The lowest BCUT2D eigenvalue weighted by Crippen LogP contribution is -2.12. The fourth-order valence-corrected chi connectivity index (χ4v) is 1.71. The van der Waals surface area contributed by atoms with Crippen molar-refractivity contribution in [2.24, 2.45) is 0 Å². The van der Waals surface area contributed by atoms with Crippen LogP contribution in [0.3, 0.4) is 0 Å². The fraction of sp³-hybridized carbons (Fsp3) is 0.308. The first kappa shape index (κ1) is 11.5. The Balaban J connectivity index is 2.20. The van der Waals surface area contributed by atoms with Crippen LogP contribution in [0.1, 0.15) is 18.4 Å². The lowest BCUT2D eigenvalue weighted by Gasteiger charge is -2.15. The van der Waals surface area contributed by atoms with Gasteiger partial charge in [0.2, 0.25) is 0 Å². The number of hydrogen-bond donors (Lipinski definition) is 1. The van der Waals surface area contributed by atoms with E-state index in [1.807, 2.05) is 0 Å². The van der Waals surface area contributed by atoms with Gasteiger partial charge in [0, 0.05) is 6.42 Å². The minimum absolute atomic E-state index is 0.0731. The smallest absolute Gasteiger partial charge is 0.160 e. The van der Waals surface area contributed by atoms with Gasteiger partial charge in [0.15, 0.2) is 11.5 Å². The van der Waals surface area contributed by atoms with Gasteiger partial charge in [-0.3, -0.25) is 4.79 Å². The average molecular weight is 234 g/mol. The van der Waals surface area contributed by atoms with Crippen LogP contribution < -0.4 is 4.74 Å². The van der Waals surface area contributed by atoms with Gasteiger partial charge >= 0.3 is 0 Å². The fourth-order valence-electron chi connectivity index (χ4n) is 1.71. The number of hydrogen-bond acceptors (Lipinski definition) is 4. The van der Waals surface area contributed by atoms with E-state index in [2.05, 4.69) is 0 Å². The predicted octanol–water partition coefficient (Wildman–Crippen LogP) is 2.12. The Bertz CT molecular complexity index is 462. The van der Waals surface area contributed by atoms with E-state index >= 15 is 0 Å². The molecular formula is C13H14O4. The number of ether oxygens (including phenoxy) is 2. The van der Waals surface area contributed by atoms with Crippen LogP contribution in [0, 0.1) is 0 Å². The molecule has 0 aromatic heterocycles. The quantitative estimate of drug-likeness (QED) is 0.851. The van der Waals surface area contributed by atoms with Gasteiger partial charge in [-0.25, -0.2) is 0 Å². The monoisotopic (exact) mass is 234 g/mol. The Morgan fingerprint density at radius 3 is 2.94 bits per heavy atom. The zero-order valence-electron chi connectivity index (χ0n) is 9.60. The Morgan fingerprint density at radius 1 is 1.47 bits per heavy atom. The van der Waals surface area contributed by atoms with E-state index in [1.54, 1.807) is 24.3 Å². The molecule has 0 atom stereocenters. The van der Waals surface area contributed by atoms with Crippen molar-refractivity contribution in [3.8, 4) is 11.5 Å². The van der Waals surface area contributed by atoms with Crippen molar-refractivity contribution < 1.29 is 19.4 Å². The summed E-state index contributed by atoms with van der Waals surface area (Å²) in [7, 11) is 1.50. The molecule has 0 spiro atoms. The first-order valence-electron chi connectivity index (χ1n) is 5.41. The number of aromatic hydroxyl groups is 1. The maximum Gasteiger partial charge on any atom is 0.160 e. The lowest BCUT2D eigenvalue weighted by molar-refractivity contribution is -0.121. The normalized spacial score (nSPS) is 17.9. The van der Waals surface area contributed by atoms with Crippen LogP contribution in [0.5, 0.6) is 11.5 Å². The third kappa shape index (κ3) is 2.78. The second kappa shape index (κ2) is 4.91. The van der Waals surface area contributed by atoms with Crippen LogP contribution >= 0.6 is 0 Å². The van der Waals surface area contributed by atoms with Crippen molar-refractivity contribution in [3.05, 3.63) is 29.5 Å². The zero-order chi connectivity index (χ0) is 12.3. The number of carbonyl (C=O) groups is 1. The molecule has 1 aliphatic rings. The molecule has 1 aliphatic heterocycles. The molecule has 17 heavy (non-hydrogen) atoms. The molecule has 90 valence electrons. The first-order valence-corrected chi connectivity index (χ1v) is 5.41. The SMILES string of the molecule is COc1ccc(C=C2CC(=O)CCO2)cc1O. The summed E-state index contributed by atoms with van der Waals surface area (Å²) in [6.07, 6.45) is 2.56. The number of benzene rings is 1. The number of Topliss-reactive ketones (excluding diaryl/α,β-unsaturated/α-hetero) is 1. The molecule has 1 N–H and O–H groups in total. The van der Waals surface area contributed by atoms with Gasteiger partial charge in [0.1, 0.15) is 11.5 Å². The van der Waals surface area contributed by atoms with Crippen LogP contribution in [0.25, 0.3) is 6.08 Å². The second-order valence-electron chi connectivity index (χ2n) is 3.86. The average Bonchev–Trinajstić information content (AvgIpc) is 2.29. The predicted molar refractivity (Wildman–Crippen MR) is 62.8 cm³/mol. The largest absolute Gasteiger partial charge is 0.504 e. The van der Waals surface area contributed by atoms with Crippen molar-refractivity contribution in [1.29, 1.82) is 0 Å². The zero-order valence-corrected chi connectivity index (χ0v) is 9.60. The molecule has 1 fully saturated rings. The molecule has 0 bridgehead atoms. The van der Waals surface area contributed by atoms with Gasteiger partial charge in [0.05, 0.1) is 20.1 Å².